The first-order chi connectivity index (χ1) is 15.9. The number of ether oxygens (including phenoxy) is 1. The molecule has 2 amide bonds. The average molecular weight is 449 g/mol. The fourth-order valence-electron chi connectivity index (χ4n) is 6.02. The normalized spacial score (nSPS) is 25.7. The van der Waals surface area contributed by atoms with E-state index in [1.807, 2.05) is 24.3 Å². The van der Waals surface area contributed by atoms with E-state index in [2.05, 4.69) is 34.9 Å². The van der Waals surface area contributed by atoms with E-state index in [-0.39, 0.29) is 36.3 Å². The van der Waals surface area contributed by atoms with Crippen LogP contribution in [0.2, 0.25) is 0 Å². The Labute approximate surface area is 192 Å². The molecule has 5 atom stereocenters. The Hall–Kier alpha value is -3.35. The monoisotopic (exact) mass is 448 g/mol. The summed E-state index contributed by atoms with van der Waals surface area (Å²) < 4.78 is 5.68. The van der Waals surface area contributed by atoms with Crippen molar-refractivity contribution in [3.8, 4) is 11.1 Å². The van der Waals surface area contributed by atoms with Crippen molar-refractivity contribution in [3.05, 3.63) is 59.7 Å². The van der Waals surface area contributed by atoms with Crippen LogP contribution in [0.1, 0.15) is 43.2 Å². The van der Waals surface area contributed by atoms with E-state index in [0.29, 0.717) is 0 Å². The van der Waals surface area contributed by atoms with Crippen molar-refractivity contribution in [3.63, 3.8) is 0 Å². The van der Waals surface area contributed by atoms with E-state index in [9.17, 15) is 14.4 Å². The molecule has 3 aliphatic rings. The molecule has 5 unspecified atom stereocenters. The van der Waals surface area contributed by atoms with E-state index < -0.39 is 24.0 Å². The maximum atomic E-state index is 12.8. The van der Waals surface area contributed by atoms with Crippen molar-refractivity contribution in [2.45, 2.75) is 44.2 Å². The minimum Gasteiger partial charge on any atom is -0.480 e. The second-order valence-corrected chi connectivity index (χ2v) is 9.42. The van der Waals surface area contributed by atoms with Crippen LogP contribution in [0, 0.1) is 17.8 Å². The Balaban J connectivity index is 1.26. The summed E-state index contributed by atoms with van der Waals surface area (Å²) in [6, 6.07) is 15.0. The first-order valence-corrected chi connectivity index (χ1v) is 11.6. The molecule has 0 radical (unpaired) electrons. The van der Waals surface area contributed by atoms with Gasteiger partial charge in [-0.25, -0.2) is 4.79 Å². The van der Waals surface area contributed by atoms with E-state index >= 15 is 0 Å². The van der Waals surface area contributed by atoms with E-state index in [4.69, 9.17) is 9.84 Å². The van der Waals surface area contributed by atoms with Gasteiger partial charge in [0.2, 0.25) is 5.91 Å². The van der Waals surface area contributed by atoms with Crippen LogP contribution < -0.4 is 10.6 Å². The predicted molar refractivity (Wildman–Crippen MR) is 122 cm³/mol. The minimum atomic E-state index is -1.08. The van der Waals surface area contributed by atoms with Crippen LogP contribution in [0.5, 0.6) is 0 Å². The maximum absolute atomic E-state index is 12.8. The van der Waals surface area contributed by atoms with E-state index in [1.165, 1.54) is 18.1 Å². The number of carbonyl (C=O) groups is 3. The van der Waals surface area contributed by atoms with Crippen LogP contribution >= 0.6 is 0 Å². The number of hydrogen-bond acceptors (Lipinski definition) is 4. The number of benzene rings is 2. The highest BCUT2D eigenvalue weighted by Crippen LogP contribution is 2.49. The molecule has 0 heterocycles. The zero-order valence-corrected chi connectivity index (χ0v) is 18.5. The Morgan fingerprint density at radius 2 is 1.61 bits per heavy atom. The van der Waals surface area contributed by atoms with Gasteiger partial charge in [0.05, 0.1) is 5.92 Å². The number of nitrogens with one attached hydrogen (secondary N) is 2. The predicted octanol–water partition coefficient (Wildman–Crippen LogP) is 3.53. The summed E-state index contributed by atoms with van der Waals surface area (Å²) in [4.78, 5) is 36.8. The van der Waals surface area contributed by atoms with Crippen LogP contribution in [0.3, 0.4) is 0 Å². The summed E-state index contributed by atoms with van der Waals surface area (Å²) in [5.41, 5.74) is 4.62. The maximum Gasteiger partial charge on any atom is 0.407 e. The van der Waals surface area contributed by atoms with Gasteiger partial charge in [-0.3, -0.25) is 9.59 Å². The van der Waals surface area contributed by atoms with Crippen molar-refractivity contribution in [1.82, 2.24) is 10.6 Å². The van der Waals surface area contributed by atoms with Gasteiger partial charge in [-0.15, -0.1) is 0 Å². The number of carboxylic acids is 1. The molecular weight excluding hydrogens is 420 g/mol. The Kier molecular flexibility index (Phi) is 5.56. The summed E-state index contributed by atoms with van der Waals surface area (Å²) in [6.07, 6.45) is 2.22. The third-order valence-corrected chi connectivity index (χ3v) is 7.58. The van der Waals surface area contributed by atoms with Crippen LogP contribution in [-0.2, 0) is 14.3 Å². The number of carbonyl (C=O) groups excluding carboxylic acids is 2. The lowest BCUT2D eigenvalue weighted by atomic mass is 9.83. The molecule has 0 aliphatic heterocycles. The summed E-state index contributed by atoms with van der Waals surface area (Å²) >= 11 is 0. The third-order valence-electron chi connectivity index (χ3n) is 7.58. The van der Waals surface area contributed by atoms with Gasteiger partial charge >= 0.3 is 12.1 Å². The van der Waals surface area contributed by atoms with Crippen LogP contribution in [0.15, 0.2) is 48.5 Å². The topological polar surface area (TPSA) is 105 Å². The second kappa shape index (κ2) is 8.54. The number of alkyl carbamates (subject to hydrolysis) is 1. The van der Waals surface area contributed by atoms with Gasteiger partial charge in [0.1, 0.15) is 12.6 Å². The van der Waals surface area contributed by atoms with Crippen molar-refractivity contribution in [2.75, 3.05) is 6.61 Å². The summed E-state index contributed by atoms with van der Waals surface area (Å²) in [5.74, 6) is -1.46. The number of rotatable bonds is 6. The highest BCUT2D eigenvalue weighted by atomic mass is 16.5. The lowest BCUT2D eigenvalue weighted by molar-refractivity contribution is -0.142. The molecule has 2 aromatic carbocycles. The van der Waals surface area contributed by atoms with E-state index in [0.717, 1.165) is 30.4 Å². The molecule has 33 heavy (non-hydrogen) atoms. The molecule has 2 fully saturated rings. The minimum absolute atomic E-state index is 0.0290. The molecule has 0 aromatic heterocycles. The summed E-state index contributed by atoms with van der Waals surface area (Å²) in [5, 5.41) is 14.6. The van der Waals surface area contributed by atoms with Crippen molar-refractivity contribution in [1.29, 1.82) is 0 Å². The molecule has 3 aliphatic carbocycles. The molecule has 0 spiro atoms. The highest BCUT2D eigenvalue weighted by Gasteiger charge is 2.51. The molecule has 2 aromatic rings. The lowest BCUT2D eigenvalue weighted by Gasteiger charge is -2.31. The lowest BCUT2D eigenvalue weighted by Crippen LogP contribution is -2.52. The SMILES string of the molecule is CC(NC(=O)C1C2CCC(C2)C1NC(=O)OCC1c2ccccc2-c2ccccc21)C(=O)O. The Morgan fingerprint density at radius 1 is 1.00 bits per heavy atom. The van der Waals surface area contributed by atoms with Gasteiger partial charge in [-0.2, -0.15) is 0 Å². The molecule has 7 heteroatoms. The van der Waals surface area contributed by atoms with Gasteiger partial charge in [-0.1, -0.05) is 48.5 Å². The third kappa shape index (κ3) is 3.86. The highest BCUT2D eigenvalue weighted by molar-refractivity contribution is 5.86. The van der Waals surface area contributed by atoms with Crippen molar-refractivity contribution in [2.24, 2.45) is 17.8 Å². The number of fused-ring (bicyclic) bond motifs is 5. The molecule has 2 bridgehead atoms. The van der Waals surface area contributed by atoms with Gasteiger partial charge < -0.3 is 20.5 Å². The quantitative estimate of drug-likeness (QED) is 0.627. The van der Waals surface area contributed by atoms with Crippen LogP contribution in [0.4, 0.5) is 4.79 Å². The zero-order valence-electron chi connectivity index (χ0n) is 18.5. The molecule has 5 rings (SSSR count). The van der Waals surface area contributed by atoms with Crippen molar-refractivity contribution >= 4 is 18.0 Å². The van der Waals surface area contributed by atoms with Crippen molar-refractivity contribution < 1.29 is 24.2 Å². The second-order valence-electron chi connectivity index (χ2n) is 9.42. The number of aliphatic carboxylic acids is 1. The average Bonchev–Trinajstić information content (AvgIpc) is 3.49. The molecule has 0 saturated heterocycles. The fraction of sp³-hybridized carbons (Fsp3) is 0.423. The molecular formula is C26H28N2O5. The van der Waals surface area contributed by atoms with Crippen LogP contribution in [-0.4, -0.2) is 41.8 Å². The first kappa shape index (κ1) is 21.5. The van der Waals surface area contributed by atoms with Gasteiger partial charge in [0, 0.05) is 12.0 Å². The standard InChI is InChI=1S/C26H28N2O5/c1-14(25(30)31)27-24(29)22-15-10-11-16(12-15)23(22)28-26(32)33-13-21-19-8-4-2-6-17(19)18-7-3-5-9-20(18)21/h2-9,14-16,21-23H,10-13H2,1H3,(H,27,29)(H,28,32)(H,30,31). The largest absolute Gasteiger partial charge is 0.480 e. The first-order valence-electron chi connectivity index (χ1n) is 11.6. The molecule has 7 nitrogen and oxygen atoms in total. The summed E-state index contributed by atoms with van der Waals surface area (Å²) in [6.45, 7) is 1.66. The molecule has 3 N–H and O–H groups in total. The van der Waals surface area contributed by atoms with Gasteiger partial charge in [-0.05, 0) is 60.3 Å². The fourth-order valence-corrected chi connectivity index (χ4v) is 6.02. The number of hydrogen-bond donors (Lipinski definition) is 3. The zero-order chi connectivity index (χ0) is 23.1. The Morgan fingerprint density at radius 3 is 2.24 bits per heavy atom. The molecule has 2 saturated carbocycles. The van der Waals surface area contributed by atoms with Gasteiger partial charge in [0.15, 0.2) is 0 Å². The summed E-state index contributed by atoms with van der Waals surface area (Å²) in [7, 11) is 0. The number of amides is 2. The van der Waals surface area contributed by atoms with E-state index in [1.54, 1.807) is 0 Å². The molecule has 172 valence electrons. The Bertz CT molecular complexity index is 1050. The number of carboxylic acid groups (broad SMARTS) is 1. The van der Waals surface area contributed by atoms with Crippen LogP contribution in [0.25, 0.3) is 11.1 Å². The van der Waals surface area contributed by atoms with Gasteiger partial charge in [0.25, 0.3) is 0 Å². The smallest absolute Gasteiger partial charge is 0.407 e.